The molecular formula is C26H32N10O. The number of aromatic nitrogens is 6. The Bertz CT molecular complexity index is 1330. The van der Waals surface area contributed by atoms with Gasteiger partial charge in [-0.05, 0) is 38.4 Å². The number of nitrogens with zero attached hydrogens (tertiary/aromatic N) is 8. The molecule has 11 heteroatoms. The van der Waals surface area contributed by atoms with Gasteiger partial charge < -0.3 is 24.5 Å². The van der Waals surface area contributed by atoms with Crippen molar-refractivity contribution in [3.63, 3.8) is 0 Å². The van der Waals surface area contributed by atoms with Crippen molar-refractivity contribution in [2.24, 2.45) is 0 Å². The van der Waals surface area contributed by atoms with E-state index in [-0.39, 0.29) is 6.04 Å². The molecule has 0 aromatic carbocycles. The van der Waals surface area contributed by atoms with E-state index >= 15 is 0 Å². The Kier molecular flexibility index (Phi) is 6.44. The van der Waals surface area contributed by atoms with E-state index in [0.29, 0.717) is 5.95 Å². The summed E-state index contributed by atoms with van der Waals surface area (Å²) < 4.78 is 5.82. The van der Waals surface area contributed by atoms with Gasteiger partial charge in [0.2, 0.25) is 5.95 Å². The maximum Gasteiger partial charge on any atom is 0.229 e. The number of rotatable bonds is 7. The number of hydrogen-bond acceptors (Lipinski definition) is 10. The second-order valence-corrected chi connectivity index (χ2v) is 9.57. The Hall–Kier alpha value is -3.99. The van der Waals surface area contributed by atoms with Crippen LogP contribution in [0.3, 0.4) is 0 Å². The Labute approximate surface area is 215 Å². The molecular weight excluding hydrogens is 468 g/mol. The first kappa shape index (κ1) is 23.4. The van der Waals surface area contributed by atoms with Gasteiger partial charge in [0, 0.05) is 62.8 Å². The largest absolute Gasteiger partial charge is 0.358 e. The van der Waals surface area contributed by atoms with Crippen molar-refractivity contribution in [1.82, 2.24) is 35.2 Å². The van der Waals surface area contributed by atoms with Crippen LogP contribution in [-0.4, -0.2) is 74.5 Å². The monoisotopic (exact) mass is 500 g/mol. The molecule has 0 spiro atoms. The lowest BCUT2D eigenvalue weighted by Gasteiger charge is -2.35. The van der Waals surface area contributed by atoms with Gasteiger partial charge in [-0.1, -0.05) is 18.1 Å². The van der Waals surface area contributed by atoms with Crippen molar-refractivity contribution in [3.8, 4) is 11.4 Å². The van der Waals surface area contributed by atoms with Gasteiger partial charge in [0.15, 0.2) is 11.6 Å². The number of likely N-dealkylation sites (N-methyl/N-ethyl adjacent to an activating group) is 1. The van der Waals surface area contributed by atoms with Crippen molar-refractivity contribution in [2.45, 2.75) is 32.7 Å². The van der Waals surface area contributed by atoms with E-state index in [4.69, 9.17) is 14.5 Å². The van der Waals surface area contributed by atoms with Crippen LogP contribution in [0.1, 0.15) is 37.3 Å². The van der Waals surface area contributed by atoms with Gasteiger partial charge >= 0.3 is 0 Å². The molecule has 0 saturated carbocycles. The zero-order chi connectivity index (χ0) is 25.2. The van der Waals surface area contributed by atoms with Crippen LogP contribution in [0.5, 0.6) is 0 Å². The first-order chi connectivity index (χ1) is 18.2. The third kappa shape index (κ3) is 4.99. The van der Waals surface area contributed by atoms with Gasteiger partial charge in [-0.15, -0.1) is 0 Å². The van der Waals surface area contributed by atoms with E-state index < -0.39 is 0 Å². The first-order valence-corrected chi connectivity index (χ1v) is 13.0. The summed E-state index contributed by atoms with van der Waals surface area (Å²) in [5.74, 6) is 3.87. The van der Waals surface area contributed by atoms with Gasteiger partial charge in [0.25, 0.3) is 0 Å². The number of aromatic amines is 1. The van der Waals surface area contributed by atoms with Crippen molar-refractivity contribution in [2.75, 3.05) is 54.4 Å². The molecule has 11 nitrogen and oxygen atoms in total. The van der Waals surface area contributed by atoms with Gasteiger partial charge in [-0.25, -0.2) is 0 Å². The van der Waals surface area contributed by atoms with E-state index in [1.165, 1.54) is 0 Å². The molecule has 192 valence electrons. The summed E-state index contributed by atoms with van der Waals surface area (Å²) in [5.41, 5.74) is 2.52. The maximum absolute atomic E-state index is 5.82. The number of aryl methyl sites for hydroxylation is 1. The Morgan fingerprint density at radius 2 is 1.92 bits per heavy atom. The fourth-order valence-electron chi connectivity index (χ4n) is 5.07. The number of piperazine rings is 1. The average molecular weight is 501 g/mol. The summed E-state index contributed by atoms with van der Waals surface area (Å²) in [5, 5.41) is 15.0. The zero-order valence-corrected chi connectivity index (χ0v) is 21.3. The Balaban J connectivity index is 1.31. The third-order valence-electron chi connectivity index (χ3n) is 7.10. The normalized spacial score (nSPS) is 18.5. The highest BCUT2D eigenvalue weighted by Gasteiger charge is 2.32. The minimum Gasteiger partial charge on any atom is -0.358 e. The minimum absolute atomic E-state index is 0.0117. The van der Waals surface area contributed by atoms with E-state index in [1.807, 2.05) is 43.3 Å². The predicted molar refractivity (Wildman–Crippen MR) is 142 cm³/mol. The SMILES string of the molecule is CCN1CCN(c2cc(Nc3cc(C)[nH]n3)nc(N3CCCC3c3cc(-c4ccccn4)no3)n2)CC1. The Morgan fingerprint density at radius 1 is 1.03 bits per heavy atom. The lowest BCUT2D eigenvalue weighted by molar-refractivity contribution is 0.270. The van der Waals surface area contributed by atoms with E-state index in [1.54, 1.807) is 6.20 Å². The van der Waals surface area contributed by atoms with Crippen LogP contribution >= 0.6 is 0 Å². The standard InChI is InChI=1S/C26H32N10O/c1-3-34-11-13-35(14-12-34)25-17-23(28-24-15-18(2)31-32-24)29-26(30-25)36-10-6-8-21(36)22-16-20(33-37-22)19-7-4-5-9-27-19/h4-5,7,9,15-17,21H,3,6,8,10-14H2,1-2H3,(H2,28,29,30,31,32). The average Bonchev–Trinajstić information content (AvgIpc) is 3.70. The number of nitrogens with one attached hydrogen (secondary N) is 2. The molecule has 6 rings (SSSR count). The van der Waals surface area contributed by atoms with Crippen LogP contribution in [0.2, 0.25) is 0 Å². The number of hydrogen-bond donors (Lipinski definition) is 2. The summed E-state index contributed by atoms with van der Waals surface area (Å²) in [4.78, 5) is 21.4. The van der Waals surface area contributed by atoms with Crippen molar-refractivity contribution in [1.29, 1.82) is 0 Å². The second-order valence-electron chi connectivity index (χ2n) is 9.57. The molecule has 2 saturated heterocycles. The lowest BCUT2D eigenvalue weighted by atomic mass is 10.1. The number of anilines is 4. The molecule has 0 amide bonds. The van der Waals surface area contributed by atoms with Crippen molar-refractivity contribution < 1.29 is 4.52 Å². The summed E-state index contributed by atoms with van der Waals surface area (Å²) in [6.45, 7) is 10.0. The fourth-order valence-corrected chi connectivity index (χ4v) is 5.07. The van der Waals surface area contributed by atoms with Gasteiger partial charge in [-0.2, -0.15) is 15.1 Å². The van der Waals surface area contributed by atoms with Gasteiger partial charge in [0.05, 0.1) is 11.7 Å². The minimum atomic E-state index is 0.0117. The van der Waals surface area contributed by atoms with Gasteiger partial charge in [-0.3, -0.25) is 10.1 Å². The summed E-state index contributed by atoms with van der Waals surface area (Å²) in [7, 11) is 0. The molecule has 0 bridgehead atoms. The van der Waals surface area contributed by atoms with Crippen LogP contribution in [0.25, 0.3) is 11.4 Å². The van der Waals surface area contributed by atoms with E-state index in [0.717, 1.165) is 92.4 Å². The molecule has 4 aromatic rings. The molecule has 1 atom stereocenters. The molecule has 2 N–H and O–H groups in total. The fraction of sp³-hybridized carbons (Fsp3) is 0.423. The van der Waals surface area contributed by atoms with Crippen LogP contribution in [0.15, 0.2) is 47.1 Å². The molecule has 1 unspecified atom stereocenters. The van der Waals surface area contributed by atoms with Gasteiger partial charge in [0.1, 0.15) is 17.3 Å². The molecule has 37 heavy (non-hydrogen) atoms. The summed E-state index contributed by atoms with van der Waals surface area (Å²) in [6, 6.07) is 11.8. The van der Waals surface area contributed by atoms with Crippen LogP contribution in [-0.2, 0) is 0 Å². The highest BCUT2D eigenvalue weighted by atomic mass is 16.5. The highest BCUT2D eigenvalue weighted by Crippen LogP contribution is 2.37. The molecule has 6 heterocycles. The Morgan fingerprint density at radius 3 is 2.68 bits per heavy atom. The topological polar surface area (TPSA) is 115 Å². The predicted octanol–water partition coefficient (Wildman–Crippen LogP) is 3.79. The smallest absolute Gasteiger partial charge is 0.229 e. The third-order valence-corrected chi connectivity index (χ3v) is 7.10. The van der Waals surface area contributed by atoms with Crippen LogP contribution < -0.4 is 15.1 Å². The van der Waals surface area contributed by atoms with Crippen molar-refractivity contribution >= 4 is 23.4 Å². The quantitative estimate of drug-likeness (QED) is 0.388. The molecule has 0 radical (unpaired) electrons. The van der Waals surface area contributed by atoms with Crippen LogP contribution in [0.4, 0.5) is 23.4 Å². The summed E-state index contributed by atoms with van der Waals surface area (Å²) in [6.07, 6.45) is 3.73. The number of pyridine rings is 1. The highest BCUT2D eigenvalue weighted by molar-refractivity contribution is 5.61. The maximum atomic E-state index is 5.82. The van der Waals surface area contributed by atoms with E-state index in [2.05, 4.69) is 47.3 Å². The molecule has 4 aromatic heterocycles. The molecule has 2 fully saturated rings. The van der Waals surface area contributed by atoms with E-state index in [9.17, 15) is 0 Å². The molecule has 2 aliphatic rings. The summed E-state index contributed by atoms with van der Waals surface area (Å²) >= 11 is 0. The molecule has 0 aliphatic carbocycles. The number of H-pyrrole nitrogens is 1. The molecule has 2 aliphatic heterocycles. The first-order valence-electron chi connectivity index (χ1n) is 13.0. The lowest BCUT2D eigenvalue weighted by Crippen LogP contribution is -2.46. The zero-order valence-electron chi connectivity index (χ0n) is 21.3. The second kappa shape index (κ2) is 10.2. The van der Waals surface area contributed by atoms with Crippen LogP contribution in [0, 0.1) is 6.92 Å². The van der Waals surface area contributed by atoms with Crippen molar-refractivity contribution in [3.05, 3.63) is 54.0 Å².